The molecule has 0 bridgehead atoms. The lowest BCUT2D eigenvalue weighted by Gasteiger charge is -2.39. The second-order valence-corrected chi connectivity index (χ2v) is 4.89. The molecule has 18 heavy (non-hydrogen) atoms. The summed E-state index contributed by atoms with van der Waals surface area (Å²) >= 11 is 0. The molecule has 96 valence electrons. The van der Waals surface area contributed by atoms with Crippen molar-refractivity contribution in [3.8, 4) is 5.75 Å². The number of nitrogens with one attached hydrogen (secondary N) is 1. The summed E-state index contributed by atoms with van der Waals surface area (Å²) in [4.78, 5) is 13.7. The van der Waals surface area contributed by atoms with Gasteiger partial charge in [0.05, 0.1) is 6.54 Å². The third-order valence-corrected chi connectivity index (χ3v) is 3.62. The van der Waals surface area contributed by atoms with E-state index in [2.05, 4.69) is 5.32 Å². The molecule has 2 fully saturated rings. The molecule has 0 aromatic heterocycles. The van der Waals surface area contributed by atoms with Crippen LogP contribution >= 0.6 is 0 Å². The van der Waals surface area contributed by atoms with Gasteiger partial charge in [0.2, 0.25) is 0 Å². The first-order chi connectivity index (χ1) is 8.69. The Morgan fingerprint density at radius 1 is 1.33 bits per heavy atom. The van der Waals surface area contributed by atoms with Crippen LogP contribution in [0.4, 0.5) is 5.69 Å². The average molecular weight is 248 g/mol. The van der Waals surface area contributed by atoms with Crippen molar-refractivity contribution in [3.05, 3.63) is 24.3 Å². The third-order valence-electron chi connectivity index (χ3n) is 3.62. The van der Waals surface area contributed by atoms with Crippen molar-refractivity contribution in [3.63, 3.8) is 0 Å². The number of hydrogen-bond donors (Lipinski definition) is 2. The van der Waals surface area contributed by atoms with Gasteiger partial charge in [0.15, 0.2) is 0 Å². The lowest BCUT2D eigenvalue weighted by atomic mass is 10.00. The molecule has 1 aromatic carbocycles. The molecule has 0 aliphatic carbocycles. The summed E-state index contributed by atoms with van der Waals surface area (Å²) in [5.41, 5.74) is 0.568. The Morgan fingerprint density at radius 3 is 2.78 bits per heavy atom. The molecule has 0 saturated carbocycles. The standard InChI is InChI=1S/C13H16N2O3/c16-11-3-1-10(2-4-11)15-9-13(5-6-14-8-13)18-7-12(15)17/h1-4,14,16H,5-9H2. The van der Waals surface area contributed by atoms with Crippen LogP contribution in [0.15, 0.2) is 24.3 Å². The highest BCUT2D eigenvalue weighted by molar-refractivity contribution is 5.95. The number of phenols is 1. The van der Waals surface area contributed by atoms with Crippen molar-refractivity contribution in [2.24, 2.45) is 0 Å². The van der Waals surface area contributed by atoms with Gasteiger partial charge in [-0.05, 0) is 37.2 Å². The van der Waals surface area contributed by atoms with Crippen molar-refractivity contribution in [1.82, 2.24) is 5.32 Å². The number of nitrogens with zero attached hydrogens (tertiary/aromatic N) is 1. The topological polar surface area (TPSA) is 61.8 Å². The SMILES string of the molecule is O=C1COC2(CCNC2)CN1c1ccc(O)cc1. The zero-order chi connectivity index (χ0) is 12.6. The van der Waals surface area contributed by atoms with Gasteiger partial charge < -0.3 is 20.1 Å². The molecule has 2 aliphatic rings. The van der Waals surface area contributed by atoms with Crippen LogP contribution in [0.5, 0.6) is 5.75 Å². The number of morpholine rings is 1. The van der Waals surface area contributed by atoms with Crippen molar-refractivity contribution >= 4 is 11.6 Å². The lowest BCUT2D eigenvalue weighted by molar-refractivity contribution is -0.136. The monoisotopic (exact) mass is 248 g/mol. The molecule has 1 aromatic rings. The van der Waals surface area contributed by atoms with Crippen LogP contribution in [0, 0.1) is 0 Å². The maximum absolute atomic E-state index is 11.9. The summed E-state index contributed by atoms with van der Waals surface area (Å²) in [6, 6.07) is 6.71. The Morgan fingerprint density at radius 2 is 2.11 bits per heavy atom. The van der Waals surface area contributed by atoms with E-state index in [9.17, 15) is 9.90 Å². The number of anilines is 1. The van der Waals surface area contributed by atoms with Gasteiger partial charge in [-0.2, -0.15) is 0 Å². The molecule has 2 heterocycles. The first-order valence-corrected chi connectivity index (χ1v) is 6.13. The molecule has 0 radical (unpaired) electrons. The molecule has 5 nitrogen and oxygen atoms in total. The van der Waals surface area contributed by atoms with E-state index in [0.29, 0.717) is 6.54 Å². The maximum atomic E-state index is 11.9. The predicted molar refractivity (Wildman–Crippen MR) is 66.6 cm³/mol. The second-order valence-electron chi connectivity index (χ2n) is 4.89. The summed E-state index contributed by atoms with van der Waals surface area (Å²) in [5.74, 6) is 0.176. The third kappa shape index (κ3) is 1.95. The minimum Gasteiger partial charge on any atom is -0.508 e. The normalized spacial score (nSPS) is 28.0. The zero-order valence-electron chi connectivity index (χ0n) is 10.1. The van der Waals surface area contributed by atoms with Crippen LogP contribution in [-0.2, 0) is 9.53 Å². The maximum Gasteiger partial charge on any atom is 0.253 e. The largest absolute Gasteiger partial charge is 0.508 e. The fourth-order valence-electron chi connectivity index (χ4n) is 2.56. The Kier molecular flexibility index (Phi) is 2.72. The molecule has 2 aliphatic heterocycles. The number of amides is 1. The zero-order valence-corrected chi connectivity index (χ0v) is 10.1. The summed E-state index contributed by atoms with van der Waals surface area (Å²) in [6.45, 7) is 2.42. The second kappa shape index (κ2) is 4.26. The summed E-state index contributed by atoms with van der Waals surface area (Å²) in [5, 5.41) is 12.6. The van der Waals surface area contributed by atoms with Gasteiger partial charge >= 0.3 is 0 Å². The Bertz CT molecular complexity index is 452. The van der Waals surface area contributed by atoms with Gasteiger partial charge in [-0.3, -0.25) is 4.79 Å². The number of benzene rings is 1. The van der Waals surface area contributed by atoms with E-state index in [1.54, 1.807) is 29.2 Å². The van der Waals surface area contributed by atoms with E-state index in [4.69, 9.17) is 4.74 Å². The van der Waals surface area contributed by atoms with Crippen molar-refractivity contribution in [2.75, 3.05) is 31.1 Å². The average Bonchev–Trinajstić information content (AvgIpc) is 2.82. The Balaban J connectivity index is 1.85. The number of carbonyl (C=O) groups is 1. The number of hydrogen-bond acceptors (Lipinski definition) is 4. The first-order valence-electron chi connectivity index (χ1n) is 6.13. The smallest absolute Gasteiger partial charge is 0.253 e. The fraction of sp³-hybridized carbons (Fsp3) is 0.462. The molecule has 1 amide bonds. The Labute approximate surface area is 105 Å². The molecule has 2 N–H and O–H groups in total. The molecular formula is C13H16N2O3. The Hall–Kier alpha value is -1.59. The highest BCUT2D eigenvalue weighted by Gasteiger charge is 2.42. The number of phenolic OH excluding ortho intramolecular Hbond substituents is 1. The lowest BCUT2D eigenvalue weighted by Crippen LogP contribution is -2.55. The number of rotatable bonds is 1. The number of ether oxygens (including phenoxy) is 1. The van der Waals surface area contributed by atoms with Gasteiger partial charge in [0, 0.05) is 12.2 Å². The van der Waals surface area contributed by atoms with Crippen molar-refractivity contribution in [1.29, 1.82) is 0 Å². The minimum absolute atomic E-state index is 0.0294. The van der Waals surface area contributed by atoms with Crippen LogP contribution in [0.3, 0.4) is 0 Å². The van der Waals surface area contributed by atoms with Gasteiger partial charge in [-0.15, -0.1) is 0 Å². The molecule has 5 heteroatoms. The van der Waals surface area contributed by atoms with Gasteiger partial charge in [-0.25, -0.2) is 0 Å². The van der Waals surface area contributed by atoms with Crippen LogP contribution in [-0.4, -0.2) is 42.9 Å². The highest BCUT2D eigenvalue weighted by atomic mass is 16.5. The van der Waals surface area contributed by atoms with Crippen LogP contribution in [0.2, 0.25) is 0 Å². The van der Waals surface area contributed by atoms with Crippen molar-refractivity contribution in [2.45, 2.75) is 12.0 Å². The quantitative estimate of drug-likeness (QED) is 0.759. The van der Waals surface area contributed by atoms with E-state index < -0.39 is 0 Å². The van der Waals surface area contributed by atoms with Gasteiger partial charge in [0.1, 0.15) is 18.0 Å². The van der Waals surface area contributed by atoms with Gasteiger partial charge in [0.25, 0.3) is 5.91 Å². The predicted octanol–water partition coefficient (Wildman–Crippen LogP) is 0.487. The summed E-state index contributed by atoms with van der Waals surface area (Å²) in [6.07, 6.45) is 0.925. The fourth-order valence-corrected chi connectivity index (χ4v) is 2.56. The number of carbonyl (C=O) groups excluding carboxylic acids is 1. The molecule has 1 spiro atoms. The van der Waals surface area contributed by atoms with Crippen LogP contribution in [0.25, 0.3) is 0 Å². The van der Waals surface area contributed by atoms with E-state index in [-0.39, 0.29) is 23.9 Å². The van der Waals surface area contributed by atoms with E-state index in [1.807, 2.05) is 0 Å². The highest BCUT2D eigenvalue weighted by Crippen LogP contribution is 2.29. The van der Waals surface area contributed by atoms with E-state index in [0.717, 1.165) is 25.2 Å². The molecular weight excluding hydrogens is 232 g/mol. The van der Waals surface area contributed by atoms with Crippen LogP contribution in [0.1, 0.15) is 6.42 Å². The summed E-state index contributed by atoms with van der Waals surface area (Å²) in [7, 11) is 0. The minimum atomic E-state index is -0.244. The summed E-state index contributed by atoms with van der Waals surface area (Å²) < 4.78 is 5.71. The molecule has 1 atom stereocenters. The molecule has 3 rings (SSSR count). The first kappa shape index (κ1) is 11.5. The number of aromatic hydroxyl groups is 1. The van der Waals surface area contributed by atoms with Gasteiger partial charge in [-0.1, -0.05) is 0 Å². The molecule has 2 saturated heterocycles. The van der Waals surface area contributed by atoms with Crippen LogP contribution < -0.4 is 10.2 Å². The van der Waals surface area contributed by atoms with E-state index in [1.165, 1.54) is 0 Å². The van der Waals surface area contributed by atoms with E-state index >= 15 is 0 Å². The van der Waals surface area contributed by atoms with Crippen molar-refractivity contribution < 1.29 is 14.6 Å². The molecule has 1 unspecified atom stereocenters.